The molecule has 30 heavy (non-hydrogen) atoms. The number of carbonyl (C=O) groups is 1. The van der Waals surface area contributed by atoms with Crippen LogP contribution in [0.1, 0.15) is 35.8 Å². The van der Waals surface area contributed by atoms with Crippen molar-refractivity contribution in [3.05, 3.63) is 76.0 Å². The summed E-state index contributed by atoms with van der Waals surface area (Å²) in [5.41, 5.74) is 4.40. The summed E-state index contributed by atoms with van der Waals surface area (Å²) in [6.45, 7) is 2.70. The van der Waals surface area contributed by atoms with Gasteiger partial charge in [0.1, 0.15) is 11.4 Å². The van der Waals surface area contributed by atoms with Gasteiger partial charge in [-0.2, -0.15) is 10.2 Å². The Morgan fingerprint density at radius 1 is 1.27 bits per heavy atom. The number of ether oxygens (including phenoxy) is 1. The molecule has 1 amide bonds. The lowest BCUT2D eigenvalue weighted by Crippen LogP contribution is -2.18. The number of aromatic nitrogens is 2. The third-order valence-corrected chi connectivity index (χ3v) is 4.20. The Labute approximate surface area is 172 Å². The van der Waals surface area contributed by atoms with E-state index in [2.05, 4.69) is 27.6 Å². The molecule has 0 spiro atoms. The second kappa shape index (κ2) is 9.97. The van der Waals surface area contributed by atoms with Crippen LogP contribution in [-0.4, -0.2) is 33.8 Å². The van der Waals surface area contributed by atoms with Crippen LogP contribution in [0.15, 0.2) is 59.7 Å². The molecule has 9 heteroatoms. The average molecular weight is 407 g/mol. The molecule has 3 aromatic rings. The highest BCUT2D eigenvalue weighted by molar-refractivity contribution is 5.94. The summed E-state index contributed by atoms with van der Waals surface area (Å²) in [7, 11) is 0. The quantitative estimate of drug-likeness (QED) is 0.241. The number of aromatic amines is 1. The molecule has 0 aliphatic carbocycles. The topological polar surface area (TPSA) is 123 Å². The highest BCUT2D eigenvalue weighted by atomic mass is 16.6. The van der Waals surface area contributed by atoms with Gasteiger partial charge in [-0.05, 0) is 24.6 Å². The number of H-pyrrole nitrogens is 1. The number of hydrogen-bond acceptors (Lipinski definition) is 6. The van der Waals surface area contributed by atoms with Crippen molar-refractivity contribution >= 4 is 17.8 Å². The molecule has 0 aliphatic rings. The Morgan fingerprint density at radius 3 is 2.90 bits per heavy atom. The van der Waals surface area contributed by atoms with E-state index < -0.39 is 10.8 Å². The van der Waals surface area contributed by atoms with E-state index in [1.807, 2.05) is 24.3 Å². The number of nitro groups is 1. The van der Waals surface area contributed by atoms with E-state index in [-0.39, 0.29) is 11.4 Å². The van der Waals surface area contributed by atoms with Gasteiger partial charge >= 0.3 is 0 Å². The van der Waals surface area contributed by atoms with Crippen LogP contribution in [0.2, 0.25) is 0 Å². The minimum Gasteiger partial charge on any atom is -0.493 e. The number of nitrogens with one attached hydrogen (secondary N) is 2. The summed E-state index contributed by atoms with van der Waals surface area (Å²) in [5, 5.41) is 21.5. The maximum atomic E-state index is 12.3. The van der Waals surface area contributed by atoms with Gasteiger partial charge in [-0.15, -0.1) is 0 Å². The van der Waals surface area contributed by atoms with Crippen LogP contribution in [0.4, 0.5) is 5.69 Å². The summed E-state index contributed by atoms with van der Waals surface area (Å²) in [6.07, 6.45) is 3.32. The molecule has 3 rings (SSSR count). The van der Waals surface area contributed by atoms with Crippen LogP contribution >= 0.6 is 0 Å². The van der Waals surface area contributed by atoms with E-state index in [1.54, 1.807) is 18.2 Å². The highest BCUT2D eigenvalue weighted by Crippen LogP contribution is 2.28. The summed E-state index contributed by atoms with van der Waals surface area (Å²) in [6, 6.07) is 15.0. The zero-order valence-corrected chi connectivity index (χ0v) is 16.4. The lowest BCUT2D eigenvalue weighted by atomic mass is 10.1. The summed E-state index contributed by atoms with van der Waals surface area (Å²) in [4.78, 5) is 22.6. The van der Waals surface area contributed by atoms with Crippen LogP contribution in [0.5, 0.6) is 5.75 Å². The van der Waals surface area contributed by atoms with Crippen LogP contribution in [0, 0.1) is 10.1 Å². The second-order valence-electron chi connectivity index (χ2n) is 6.42. The molecule has 0 aliphatic heterocycles. The fourth-order valence-corrected chi connectivity index (χ4v) is 2.65. The molecule has 2 N–H and O–H groups in total. The molecule has 2 aromatic carbocycles. The van der Waals surface area contributed by atoms with Gasteiger partial charge in [0.05, 0.1) is 23.4 Å². The largest absolute Gasteiger partial charge is 0.493 e. The van der Waals surface area contributed by atoms with E-state index >= 15 is 0 Å². The molecule has 0 saturated carbocycles. The molecule has 1 heterocycles. The van der Waals surface area contributed by atoms with E-state index in [4.69, 9.17) is 4.74 Å². The van der Waals surface area contributed by atoms with Crippen LogP contribution in [0.3, 0.4) is 0 Å². The molecule has 0 atom stereocenters. The highest BCUT2D eigenvalue weighted by Gasteiger charge is 2.13. The third kappa shape index (κ3) is 5.28. The number of hydrazone groups is 1. The van der Waals surface area contributed by atoms with Crippen LogP contribution in [-0.2, 0) is 0 Å². The van der Waals surface area contributed by atoms with Gasteiger partial charge in [-0.1, -0.05) is 37.6 Å². The van der Waals surface area contributed by atoms with Crippen molar-refractivity contribution in [2.24, 2.45) is 5.10 Å². The Hall–Kier alpha value is -4.01. The van der Waals surface area contributed by atoms with Crippen molar-refractivity contribution in [2.45, 2.75) is 19.8 Å². The lowest BCUT2D eigenvalue weighted by molar-refractivity contribution is -0.384. The van der Waals surface area contributed by atoms with Gasteiger partial charge in [-0.3, -0.25) is 20.0 Å². The predicted molar refractivity (Wildman–Crippen MR) is 113 cm³/mol. The zero-order valence-electron chi connectivity index (χ0n) is 16.4. The third-order valence-electron chi connectivity index (χ3n) is 4.20. The number of nitrogens with zero attached hydrogens (tertiary/aromatic N) is 3. The minimum atomic E-state index is -0.494. The standard InChI is InChI=1S/C21H21N5O4/c1-2-3-11-30-20-10-5-4-9-17(20)18-13-19(24-23-18)21(27)25-22-14-15-7-6-8-16(12-15)26(28)29/h4-10,12-14H,2-3,11H2,1H3,(H,23,24)(H,25,27). The fraction of sp³-hybridized carbons (Fsp3) is 0.190. The van der Waals surface area contributed by atoms with Crippen molar-refractivity contribution in [3.8, 4) is 17.0 Å². The van der Waals surface area contributed by atoms with Gasteiger partial charge in [0.2, 0.25) is 0 Å². The smallest absolute Gasteiger partial charge is 0.289 e. The van der Waals surface area contributed by atoms with E-state index in [0.717, 1.165) is 18.4 Å². The summed E-state index contributed by atoms with van der Waals surface area (Å²) in [5.74, 6) is 0.216. The molecule has 154 valence electrons. The second-order valence-corrected chi connectivity index (χ2v) is 6.42. The Bertz CT molecular complexity index is 1060. The van der Waals surface area contributed by atoms with E-state index in [0.29, 0.717) is 23.6 Å². The number of para-hydroxylation sites is 1. The molecular weight excluding hydrogens is 386 g/mol. The van der Waals surface area contributed by atoms with Gasteiger partial charge in [0.15, 0.2) is 0 Å². The molecule has 1 aromatic heterocycles. The zero-order chi connectivity index (χ0) is 21.3. The first kappa shape index (κ1) is 20.7. The fourth-order valence-electron chi connectivity index (χ4n) is 2.65. The van der Waals surface area contributed by atoms with Crippen molar-refractivity contribution in [3.63, 3.8) is 0 Å². The number of hydrogen-bond donors (Lipinski definition) is 2. The summed E-state index contributed by atoms with van der Waals surface area (Å²) < 4.78 is 5.82. The number of nitro benzene ring substituents is 1. The first-order valence-electron chi connectivity index (χ1n) is 9.44. The molecule has 0 fully saturated rings. The molecule has 0 radical (unpaired) electrons. The van der Waals surface area contributed by atoms with E-state index in [9.17, 15) is 14.9 Å². The Balaban J connectivity index is 1.67. The number of benzene rings is 2. The first-order chi connectivity index (χ1) is 14.6. The van der Waals surface area contributed by atoms with Crippen molar-refractivity contribution in [2.75, 3.05) is 6.61 Å². The Morgan fingerprint density at radius 2 is 2.10 bits per heavy atom. The summed E-state index contributed by atoms with van der Waals surface area (Å²) >= 11 is 0. The van der Waals surface area contributed by atoms with E-state index in [1.165, 1.54) is 18.3 Å². The van der Waals surface area contributed by atoms with Crippen LogP contribution in [0.25, 0.3) is 11.3 Å². The molecular formula is C21H21N5O4. The number of amides is 1. The number of unbranched alkanes of at least 4 members (excludes halogenated alkanes) is 1. The molecule has 9 nitrogen and oxygen atoms in total. The van der Waals surface area contributed by atoms with Crippen LogP contribution < -0.4 is 10.2 Å². The normalized spacial score (nSPS) is 10.8. The van der Waals surface area contributed by atoms with Gasteiger partial charge < -0.3 is 4.74 Å². The maximum Gasteiger partial charge on any atom is 0.289 e. The molecule has 0 saturated heterocycles. The van der Waals surface area contributed by atoms with Crippen molar-refractivity contribution in [1.29, 1.82) is 0 Å². The SMILES string of the molecule is CCCCOc1ccccc1-c1cc(C(=O)NN=Cc2cccc([N+](=O)[O-])c2)[nH]n1. The van der Waals surface area contributed by atoms with Gasteiger partial charge in [0, 0.05) is 23.3 Å². The first-order valence-corrected chi connectivity index (χ1v) is 9.44. The van der Waals surface area contributed by atoms with Gasteiger partial charge in [0.25, 0.3) is 11.6 Å². The molecule has 0 bridgehead atoms. The Kier molecular flexibility index (Phi) is 6.88. The number of carbonyl (C=O) groups excluding carboxylic acids is 1. The van der Waals surface area contributed by atoms with Crippen molar-refractivity contribution < 1.29 is 14.5 Å². The number of rotatable bonds is 9. The predicted octanol–water partition coefficient (Wildman–Crippen LogP) is 3.93. The molecule has 0 unspecified atom stereocenters. The monoisotopic (exact) mass is 407 g/mol. The van der Waals surface area contributed by atoms with Gasteiger partial charge in [-0.25, -0.2) is 5.43 Å². The number of non-ortho nitro benzene ring substituents is 1. The lowest BCUT2D eigenvalue weighted by Gasteiger charge is -2.09. The average Bonchev–Trinajstić information content (AvgIpc) is 3.25. The van der Waals surface area contributed by atoms with Crippen molar-refractivity contribution in [1.82, 2.24) is 15.6 Å². The minimum absolute atomic E-state index is 0.0525. The maximum absolute atomic E-state index is 12.3.